The molecule has 0 aliphatic heterocycles. The maximum Gasteiger partial charge on any atom is 0.0372 e. The summed E-state index contributed by atoms with van der Waals surface area (Å²) in [5, 5.41) is 0. The van der Waals surface area contributed by atoms with Crippen LogP contribution in [0.3, 0.4) is 0 Å². The van der Waals surface area contributed by atoms with Crippen LogP contribution < -0.4 is 0 Å². The zero-order valence-electron chi connectivity index (χ0n) is 10.2. The molecule has 0 spiro atoms. The number of aryl methyl sites for hydroxylation is 1. The lowest BCUT2D eigenvalue weighted by molar-refractivity contribution is 1.07. The summed E-state index contributed by atoms with van der Waals surface area (Å²) >= 11 is 0. The highest BCUT2D eigenvalue weighted by Crippen LogP contribution is 2.39. The summed E-state index contributed by atoms with van der Waals surface area (Å²) in [5.74, 6) is 0.841. The van der Waals surface area contributed by atoms with Crippen molar-refractivity contribution in [3.8, 4) is 0 Å². The molecule has 0 N–H and O–H groups in total. The van der Waals surface area contributed by atoms with E-state index in [0.717, 1.165) is 11.6 Å². The van der Waals surface area contributed by atoms with E-state index in [1.165, 1.54) is 18.4 Å². The molecular formula is C13H23N. The van der Waals surface area contributed by atoms with E-state index >= 15 is 0 Å². The van der Waals surface area contributed by atoms with Crippen molar-refractivity contribution in [2.24, 2.45) is 0 Å². The molecule has 1 nitrogen and oxygen atoms in total. The molecule has 0 unspecified atom stereocenters. The highest BCUT2D eigenvalue weighted by atomic mass is 14.7. The van der Waals surface area contributed by atoms with Crippen LogP contribution in [0.1, 0.15) is 57.7 Å². The molecule has 0 bridgehead atoms. The van der Waals surface area contributed by atoms with Gasteiger partial charge in [-0.25, -0.2) is 0 Å². The molecule has 1 saturated carbocycles. The van der Waals surface area contributed by atoms with Crippen molar-refractivity contribution >= 4 is 0 Å². The SMILES string of the molecule is CC.CC.Cc1ccc(C2CC2)cn1. The monoisotopic (exact) mass is 193 g/mol. The van der Waals surface area contributed by atoms with Crippen LogP contribution >= 0.6 is 0 Å². The van der Waals surface area contributed by atoms with Crippen molar-refractivity contribution in [2.75, 3.05) is 0 Å². The Balaban J connectivity index is 0.000000379. The van der Waals surface area contributed by atoms with Crippen molar-refractivity contribution in [2.45, 2.75) is 53.4 Å². The van der Waals surface area contributed by atoms with Crippen LogP contribution in [0.5, 0.6) is 0 Å². The van der Waals surface area contributed by atoms with Crippen molar-refractivity contribution < 1.29 is 0 Å². The van der Waals surface area contributed by atoms with Gasteiger partial charge in [0.25, 0.3) is 0 Å². The molecule has 1 heterocycles. The molecule has 0 atom stereocenters. The van der Waals surface area contributed by atoms with E-state index in [2.05, 4.69) is 17.1 Å². The van der Waals surface area contributed by atoms with Gasteiger partial charge < -0.3 is 0 Å². The second-order valence-electron chi connectivity index (χ2n) is 3.01. The zero-order valence-corrected chi connectivity index (χ0v) is 10.2. The van der Waals surface area contributed by atoms with Gasteiger partial charge in [0.05, 0.1) is 0 Å². The number of pyridine rings is 1. The van der Waals surface area contributed by atoms with Gasteiger partial charge in [-0.15, -0.1) is 0 Å². The molecule has 1 fully saturated rings. The van der Waals surface area contributed by atoms with Gasteiger partial charge >= 0.3 is 0 Å². The van der Waals surface area contributed by atoms with Gasteiger partial charge in [0.15, 0.2) is 0 Å². The fourth-order valence-corrected chi connectivity index (χ4v) is 1.14. The van der Waals surface area contributed by atoms with Gasteiger partial charge in [0.1, 0.15) is 0 Å². The molecule has 1 aromatic heterocycles. The van der Waals surface area contributed by atoms with Crippen LogP contribution in [-0.4, -0.2) is 4.98 Å². The number of rotatable bonds is 1. The largest absolute Gasteiger partial charge is 0.261 e. The van der Waals surface area contributed by atoms with Crippen molar-refractivity contribution in [3.05, 3.63) is 29.6 Å². The lowest BCUT2D eigenvalue weighted by Crippen LogP contribution is -1.83. The molecule has 1 aliphatic rings. The first-order valence-electron chi connectivity index (χ1n) is 5.79. The second kappa shape index (κ2) is 7.54. The van der Waals surface area contributed by atoms with Crippen LogP contribution in [-0.2, 0) is 0 Å². The third kappa shape index (κ3) is 4.40. The number of nitrogens with zero attached hydrogens (tertiary/aromatic N) is 1. The van der Waals surface area contributed by atoms with Gasteiger partial charge in [-0.3, -0.25) is 4.98 Å². The molecule has 2 rings (SSSR count). The maximum atomic E-state index is 4.24. The summed E-state index contributed by atoms with van der Waals surface area (Å²) in [6.45, 7) is 10.0. The van der Waals surface area contributed by atoms with Crippen LogP contribution in [0.15, 0.2) is 18.3 Å². The number of hydrogen-bond acceptors (Lipinski definition) is 1. The molecule has 14 heavy (non-hydrogen) atoms. The van der Waals surface area contributed by atoms with Crippen LogP contribution in [0.4, 0.5) is 0 Å². The molecular weight excluding hydrogens is 170 g/mol. The van der Waals surface area contributed by atoms with Crippen LogP contribution in [0.2, 0.25) is 0 Å². The van der Waals surface area contributed by atoms with E-state index in [1.807, 2.05) is 40.8 Å². The van der Waals surface area contributed by atoms with Gasteiger partial charge in [-0.1, -0.05) is 33.8 Å². The molecule has 1 aromatic rings. The van der Waals surface area contributed by atoms with E-state index in [0.29, 0.717) is 0 Å². The summed E-state index contributed by atoms with van der Waals surface area (Å²) in [7, 11) is 0. The molecule has 1 aliphatic carbocycles. The molecule has 0 radical (unpaired) electrons. The number of aromatic nitrogens is 1. The van der Waals surface area contributed by atoms with Gasteiger partial charge in [0.2, 0.25) is 0 Å². The Morgan fingerprint density at radius 3 is 2.00 bits per heavy atom. The van der Waals surface area contributed by atoms with E-state index in [9.17, 15) is 0 Å². The summed E-state index contributed by atoms with van der Waals surface area (Å²) in [6.07, 6.45) is 4.74. The predicted octanol–water partition coefficient (Wildman–Crippen LogP) is 4.32. The van der Waals surface area contributed by atoms with Gasteiger partial charge in [-0.05, 0) is 37.3 Å². The predicted molar refractivity (Wildman–Crippen MR) is 63.6 cm³/mol. The quantitative estimate of drug-likeness (QED) is 0.647. The summed E-state index contributed by atoms with van der Waals surface area (Å²) in [5.41, 5.74) is 2.54. The summed E-state index contributed by atoms with van der Waals surface area (Å²) in [4.78, 5) is 4.24. The van der Waals surface area contributed by atoms with E-state index in [1.54, 1.807) is 0 Å². The Morgan fingerprint density at radius 2 is 1.64 bits per heavy atom. The first-order chi connectivity index (χ1) is 6.86. The average Bonchev–Trinajstić information content (AvgIpc) is 3.09. The maximum absolute atomic E-state index is 4.24. The highest BCUT2D eigenvalue weighted by Gasteiger charge is 2.23. The van der Waals surface area contributed by atoms with Crippen molar-refractivity contribution in [1.82, 2.24) is 4.98 Å². The second-order valence-corrected chi connectivity index (χ2v) is 3.01. The van der Waals surface area contributed by atoms with Crippen molar-refractivity contribution in [1.29, 1.82) is 0 Å². The van der Waals surface area contributed by atoms with E-state index in [-0.39, 0.29) is 0 Å². The minimum absolute atomic E-state index is 0.841. The smallest absolute Gasteiger partial charge is 0.0372 e. The van der Waals surface area contributed by atoms with Crippen LogP contribution in [0.25, 0.3) is 0 Å². The van der Waals surface area contributed by atoms with Gasteiger partial charge in [0, 0.05) is 11.9 Å². The molecule has 0 aromatic carbocycles. The van der Waals surface area contributed by atoms with Crippen LogP contribution in [0, 0.1) is 6.92 Å². The summed E-state index contributed by atoms with van der Waals surface area (Å²) in [6, 6.07) is 4.29. The molecule has 1 heteroatoms. The molecule has 80 valence electrons. The zero-order chi connectivity index (χ0) is 11.0. The first-order valence-corrected chi connectivity index (χ1v) is 5.79. The fraction of sp³-hybridized carbons (Fsp3) is 0.615. The Hall–Kier alpha value is -0.850. The molecule has 0 amide bonds. The topological polar surface area (TPSA) is 12.9 Å². The van der Waals surface area contributed by atoms with Gasteiger partial charge in [-0.2, -0.15) is 0 Å². The normalized spacial score (nSPS) is 13.2. The lowest BCUT2D eigenvalue weighted by Gasteiger charge is -1.95. The third-order valence-corrected chi connectivity index (χ3v) is 1.98. The minimum Gasteiger partial charge on any atom is -0.261 e. The van der Waals surface area contributed by atoms with E-state index < -0.39 is 0 Å². The first kappa shape index (κ1) is 13.2. The fourth-order valence-electron chi connectivity index (χ4n) is 1.14. The Kier molecular flexibility index (Phi) is 7.09. The van der Waals surface area contributed by atoms with E-state index in [4.69, 9.17) is 0 Å². The Bertz CT molecular complexity index is 221. The van der Waals surface area contributed by atoms with Crippen molar-refractivity contribution in [3.63, 3.8) is 0 Å². The lowest BCUT2D eigenvalue weighted by atomic mass is 10.2. The number of hydrogen-bond donors (Lipinski definition) is 0. The Labute approximate surface area is 88.6 Å². The third-order valence-electron chi connectivity index (χ3n) is 1.98. The Morgan fingerprint density at radius 1 is 1.07 bits per heavy atom. The highest BCUT2D eigenvalue weighted by molar-refractivity contribution is 5.21. The minimum atomic E-state index is 0.841. The average molecular weight is 193 g/mol. The summed E-state index contributed by atoms with van der Waals surface area (Å²) < 4.78 is 0. The standard InChI is InChI=1S/C9H11N.2C2H6/c1-7-2-3-9(6-10-7)8-4-5-8;2*1-2/h2-3,6,8H,4-5H2,1H3;2*1-2H3. The molecule has 0 saturated heterocycles.